The Labute approximate surface area is 189 Å². The molecule has 0 bridgehead atoms. The molecule has 0 amide bonds. The van der Waals surface area contributed by atoms with Crippen LogP contribution in [0.15, 0.2) is 48.5 Å². The van der Waals surface area contributed by atoms with E-state index in [1.54, 1.807) is 26.4 Å². The molecule has 5 heteroatoms. The molecule has 170 valence electrons. The number of fused-ring (bicyclic) bond motifs is 1. The van der Waals surface area contributed by atoms with E-state index in [0.29, 0.717) is 35.8 Å². The second-order valence-electron chi connectivity index (χ2n) is 7.86. The molecule has 0 spiro atoms. The third kappa shape index (κ3) is 5.72. The fraction of sp³-hybridized carbons (Fsp3) is 0.370. The monoisotopic (exact) mass is 436 g/mol. The molecule has 0 saturated carbocycles. The maximum Gasteiger partial charge on any atom is 0.162 e. The van der Waals surface area contributed by atoms with Crippen molar-refractivity contribution >= 4 is 16.6 Å². The van der Waals surface area contributed by atoms with E-state index < -0.39 is 0 Å². The minimum Gasteiger partial charge on any atom is -0.508 e. The Hall–Kier alpha value is -3.21. The van der Waals surface area contributed by atoms with Gasteiger partial charge in [-0.1, -0.05) is 31.5 Å². The topological polar surface area (TPSA) is 65.0 Å². The number of aromatic hydroxyl groups is 1. The molecule has 0 unspecified atom stereocenters. The van der Waals surface area contributed by atoms with Crippen molar-refractivity contribution < 1.29 is 24.1 Å². The predicted molar refractivity (Wildman–Crippen MR) is 127 cm³/mol. The van der Waals surface area contributed by atoms with Crippen LogP contribution in [-0.4, -0.2) is 31.7 Å². The lowest BCUT2D eigenvalue weighted by atomic mass is 10.0. The lowest BCUT2D eigenvalue weighted by Crippen LogP contribution is -2.02. The molecule has 0 aliphatic heterocycles. The van der Waals surface area contributed by atoms with Crippen molar-refractivity contribution in [3.8, 4) is 23.0 Å². The van der Waals surface area contributed by atoms with E-state index in [1.165, 1.54) is 0 Å². The summed E-state index contributed by atoms with van der Waals surface area (Å²) in [6.07, 6.45) is 4.83. The molecule has 0 aliphatic carbocycles. The summed E-state index contributed by atoms with van der Waals surface area (Å²) in [6.45, 7) is 2.65. The van der Waals surface area contributed by atoms with E-state index in [-0.39, 0.29) is 5.78 Å². The quantitative estimate of drug-likeness (QED) is 0.265. The van der Waals surface area contributed by atoms with Crippen LogP contribution in [-0.2, 0) is 6.42 Å². The second kappa shape index (κ2) is 11.4. The van der Waals surface area contributed by atoms with Gasteiger partial charge in [0.05, 0.1) is 20.8 Å². The van der Waals surface area contributed by atoms with Gasteiger partial charge in [-0.05, 0) is 66.8 Å². The fourth-order valence-electron chi connectivity index (χ4n) is 3.83. The van der Waals surface area contributed by atoms with Crippen molar-refractivity contribution in [1.82, 2.24) is 0 Å². The lowest BCUT2D eigenvalue weighted by Gasteiger charge is -2.12. The van der Waals surface area contributed by atoms with Crippen LogP contribution in [0.2, 0.25) is 0 Å². The summed E-state index contributed by atoms with van der Waals surface area (Å²) in [7, 11) is 3.22. The van der Waals surface area contributed by atoms with Crippen molar-refractivity contribution in [2.24, 2.45) is 0 Å². The molecular weight excluding hydrogens is 404 g/mol. The number of phenols is 1. The van der Waals surface area contributed by atoms with Crippen molar-refractivity contribution in [1.29, 1.82) is 0 Å². The van der Waals surface area contributed by atoms with E-state index in [0.717, 1.165) is 54.2 Å². The molecular formula is C27H32O5. The number of Topliss-reactive ketones (excluding diaryl/α,β-unsaturated/α-hetero) is 1. The van der Waals surface area contributed by atoms with Crippen molar-refractivity contribution in [2.45, 2.75) is 45.4 Å². The van der Waals surface area contributed by atoms with Crippen LogP contribution in [0.5, 0.6) is 23.0 Å². The van der Waals surface area contributed by atoms with Crippen LogP contribution >= 0.6 is 0 Å². The second-order valence-corrected chi connectivity index (χ2v) is 7.86. The minimum absolute atomic E-state index is 0.140. The maximum absolute atomic E-state index is 12.7. The summed E-state index contributed by atoms with van der Waals surface area (Å²) in [6, 6.07) is 15.0. The molecule has 0 heterocycles. The van der Waals surface area contributed by atoms with Gasteiger partial charge in [0.1, 0.15) is 11.5 Å². The Bertz CT molecular complexity index is 1060. The first-order valence-corrected chi connectivity index (χ1v) is 11.2. The summed E-state index contributed by atoms with van der Waals surface area (Å²) < 4.78 is 16.6. The Balaban J connectivity index is 1.49. The number of methoxy groups -OCH3 is 2. The van der Waals surface area contributed by atoms with E-state index in [2.05, 4.69) is 6.92 Å². The number of hydrogen-bond acceptors (Lipinski definition) is 5. The number of ether oxygens (including phenoxy) is 3. The molecule has 0 atom stereocenters. The normalized spacial score (nSPS) is 10.8. The average molecular weight is 437 g/mol. The predicted octanol–water partition coefficient (Wildman–Crippen LogP) is 6.34. The van der Waals surface area contributed by atoms with Crippen molar-refractivity contribution in [3.63, 3.8) is 0 Å². The number of hydrogen-bond donors (Lipinski definition) is 1. The lowest BCUT2D eigenvalue weighted by molar-refractivity contribution is 0.0978. The van der Waals surface area contributed by atoms with Gasteiger partial charge in [0, 0.05) is 17.5 Å². The molecule has 32 heavy (non-hydrogen) atoms. The molecule has 3 aromatic carbocycles. The molecule has 3 rings (SSSR count). The number of carbonyl (C=O) groups excluding carboxylic acids is 1. The Morgan fingerprint density at radius 2 is 1.62 bits per heavy atom. The van der Waals surface area contributed by atoms with E-state index in [9.17, 15) is 9.90 Å². The highest BCUT2D eigenvalue weighted by molar-refractivity contribution is 6.00. The first-order chi connectivity index (χ1) is 15.6. The molecule has 0 aliphatic rings. The summed E-state index contributed by atoms with van der Waals surface area (Å²) in [5.74, 6) is 2.51. The number of rotatable bonds is 12. The Morgan fingerprint density at radius 3 is 2.34 bits per heavy atom. The van der Waals surface area contributed by atoms with Crippen molar-refractivity contribution in [3.05, 3.63) is 59.7 Å². The van der Waals surface area contributed by atoms with Gasteiger partial charge in [-0.2, -0.15) is 0 Å². The zero-order valence-corrected chi connectivity index (χ0v) is 19.1. The van der Waals surface area contributed by atoms with E-state index >= 15 is 0 Å². The molecule has 0 saturated heterocycles. The van der Waals surface area contributed by atoms with Gasteiger partial charge in [-0.3, -0.25) is 4.79 Å². The smallest absolute Gasteiger partial charge is 0.162 e. The summed E-state index contributed by atoms with van der Waals surface area (Å²) >= 11 is 0. The highest BCUT2D eigenvalue weighted by atomic mass is 16.5. The van der Waals surface area contributed by atoms with Crippen LogP contribution < -0.4 is 14.2 Å². The van der Waals surface area contributed by atoms with Crippen molar-refractivity contribution in [2.75, 3.05) is 20.8 Å². The highest BCUT2D eigenvalue weighted by Crippen LogP contribution is 2.33. The Kier molecular flexibility index (Phi) is 8.37. The van der Waals surface area contributed by atoms with Crippen LogP contribution in [0.4, 0.5) is 0 Å². The molecule has 0 radical (unpaired) electrons. The number of carbonyl (C=O) groups is 1. The van der Waals surface area contributed by atoms with Crippen LogP contribution in [0.1, 0.15) is 54.9 Å². The van der Waals surface area contributed by atoms with Crippen LogP contribution in [0.3, 0.4) is 0 Å². The maximum atomic E-state index is 12.7. The number of unbranched alkanes of at least 4 members (excludes halogenated alkanes) is 2. The number of phenolic OH excluding ortho intramolecular Hbond substituents is 1. The molecule has 3 aromatic rings. The third-order valence-electron chi connectivity index (χ3n) is 5.58. The summed E-state index contributed by atoms with van der Waals surface area (Å²) in [5.41, 5.74) is 1.58. The molecule has 0 fully saturated rings. The van der Waals surface area contributed by atoms with Gasteiger partial charge in [0.25, 0.3) is 0 Å². The molecule has 1 N–H and O–H groups in total. The largest absolute Gasteiger partial charge is 0.508 e. The summed E-state index contributed by atoms with van der Waals surface area (Å²) in [4.78, 5) is 12.7. The Morgan fingerprint density at radius 1 is 0.875 bits per heavy atom. The first kappa shape index (κ1) is 23.5. The number of benzene rings is 3. The van der Waals surface area contributed by atoms with Gasteiger partial charge < -0.3 is 19.3 Å². The highest BCUT2D eigenvalue weighted by Gasteiger charge is 2.11. The van der Waals surface area contributed by atoms with Crippen LogP contribution in [0, 0.1) is 0 Å². The van der Waals surface area contributed by atoms with Gasteiger partial charge in [-0.25, -0.2) is 0 Å². The van der Waals surface area contributed by atoms with E-state index in [1.807, 2.05) is 36.4 Å². The molecule has 0 aromatic heterocycles. The zero-order valence-electron chi connectivity index (χ0n) is 19.1. The molecule has 5 nitrogen and oxygen atoms in total. The SMILES string of the molecule is CCCc1c(O)cccc1OCCCCCC(=O)c1ccc2cc(OC)c(OC)cc2c1. The minimum atomic E-state index is 0.140. The van der Waals surface area contributed by atoms with Crippen LogP contribution in [0.25, 0.3) is 10.8 Å². The van der Waals surface area contributed by atoms with E-state index in [4.69, 9.17) is 14.2 Å². The summed E-state index contributed by atoms with van der Waals surface area (Å²) in [5, 5.41) is 12.0. The van der Waals surface area contributed by atoms with Gasteiger partial charge >= 0.3 is 0 Å². The zero-order chi connectivity index (χ0) is 22.9. The third-order valence-corrected chi connectivity index (χ3v) is 5.58. The van der Waals surface area contributed by atoms with Gasteiger partial charge in [0.2, 0.25) is 0 Å². The standard InChI is InChI=1S/C27H32O5/c1-4-9-22-24(29)11-8-12-25(22)32-15-7-5-6-10-23(28)20-14-13-19-17-26(30-2)27(31-3)18-21(19)16-20/h8,11-14,16-18,29H,4-7,9-10,15H2,1-3H3. The van der Waals surface area contributed by atoms with Gasteiger partial charge in [0.15, 0.2) is 17.3 Å². The van der Waals surface area contributed by atoms with Gasteiger partial charge in [-0.15, -0.1) is 0 Å². The average Bonchev–Trinajstić information content (AvgIpc) is 2.81. The first-order valence-electron chi connectivity index (χ1n) is 11.2. The number of ketones is 1. The fourth-order valence-corrected chi connectivity index (χ4v) is 3.83.